The van der Waals surface area contributed by atoms with Crippen molar-refractivity contribution in [1.29, 1.82) is 0 Å². The molecule has 0 aliphatic heterocycles. The zero-order valence-electron chi connectivity index (χ0n) is 11.3. The van der Waals surface area contributed by atoms with Crippen LogP contribution in [-0.2, 0) is 13.0 Å². The molecular formula is C14H15ClIN3O. The van der Waals surface area contributed by atoms with Gasteiger partial charge in [-0.3, -0.25) is 4.79 Å². The number of hydrogen-bond donors (Lipinski definition) is 0. The maximum absolute atomic E-state index is 12.4. The summed E-state index contributed by atoms with van der Waals surface area (Å²) >= 11 is 8.09. The summed E-state index contributed by atoms with van der Waals surface area (Å²) in [4.78, 5) is 16.6. The summed E-state index contributed by atoms with van der Waals surface area (Å²) in [6.45, 7) is 4.97. The molecule has 0 aliphatic carbocycles. The first-order chi connectivity index (χ1) is 9.47. The lowest BCUT2D eigenvalue weighted by Crippen LogP contribution is -2.14. The van der Waals surface area contributed by atoms with Crippen LogP contribution >= 0.6 is 34.2 Å². The van der Waals surface area contributed by atoms with Crippen LogP contribution in [0.5, 0.6) is 0 Å². The van der Waals surface area contributed by atoms with Crippen LogP contribution in [0.3, 0.4) is 0 Å². The van der Waals surface area contributed by atoms with Gasteiger partial charge in [0.25, 0.3) is 0 Å². The maximum Gasteiger partial charge on any atom is 0.171 e. The molecule has 1 aromatic heterocycles. The van der Waals surface area contributed by atoms with Gasteiger partial charge in [-0.05, 0) is 46.7 Å². The van der Waals surface area contributed by atoms with Crippen molar-refractivity contribution in [2.45, 2.75) is 26.8 Å². The molecule has 0 aliphatic rings. The quantitative estimate of drug-likeness (QED) is 0.566. The molecule has 4 nitrogen and oxygen atoms in total. The molecule has 0 atom stereocenters. The second-order valence-corrected chi connectivity index (χ2v) is 6.57. The first-order valence-electron chi connectivity index (χ1n) is 6.32. The molecule has 0 bridgehead atoms. The highest BCUT2D eigenvalue weighted by Crippen LogP contribution is 2.19. The van der Waals surface area contributed by atoms with Gasteiger partial charge in [-0.15, -0.1) is 0 Å². The highest BCUT2D eigenvalue weighted by molar-refractivity contribution is 14.1. The summed E-state index contributed by atoms with van der Waals surface area (Å²) in [5, 5.41) is 4.74. The van der Waals surface area contributed by atoms with E-state index in [4.69, 9.17) is 11.6 Å². The van der Waals surface area contributed by atoms with E-state index in [1.165, 1.54) is 6.33 Å². The van der Waals surface area contributed by atoms with Gasteiger partial charge in [0.05, 0.1) is 6.42 Å². The van der Waals surface area contributed by atoms with Gasteiger partial charge in [0.2, 0.25) is 0 Å². The first kappa shape index (κ1) is 15.4. The van der Waals surface area contributed by atoms with E-state index < -0.39 is 0 Å². The summed E-state index contributed by atoms with van der Waals surface area (Å²) in [5.74, 6) is 1.16. The van der Waals surface area contributed by atoms with E-state index in [1.807, 2.05) is 6.07 Å². The molecule has 0 fully saturated rings. The number of halogens is 2. The SMILES string of the molecule is CC(C)Cn1ncnc1CC(=O)c1cc(Cl)ccc1I. The van der Waals surface area contributed by atoms with Crippen LogP contribution in [0.1, 0.15) is 30.0 Å². The molecule has 1 heterocycles. The number of hydrogen-bond acceptors (Lipinski definition) is 3. The van der Waals surface area contributed by atoms with Gasteiger partial charge in [0, 0.05) is 20.7 Å². The maximum atomic E-state index is 12.4. The van der Waals surface area contributed by atoms with Gasteiger partial charge in [-0.25, -0.2) is 9.67 Å². The van der Waals surface area contributed by atoms with Crippen molar-refractivity contribution >= 4 is 40.0 Å². The van der Waals surface area contributed by atoms with E-state index in [0.29, 0.717) is 22.3 Å². The molecule has 6 heteroatoms. The van der Waals surface area contributed by atoms with E-state index in [9.17, 15) is 4.79 Å². The Kier molecular flexibility index (Phi) is 5.15. The van der Waals surface area contributed by atoms with Gasteiger partial charge in [-0.2, -0.15) is 5.10 Å². The molecular weight excluding hydrogens is 389 g/mol. The van der Waals surface area contributed by atoms with Crippen LogP contribution in [-0.4, -0.2) is 20.5 Å². The second-order valence-electron chi connectivity index (χ2n) is 4.98. The van der Waals surface area contributed by atoms with Crippen molar-refractivity contribution in [3.8, 4) is 0 Å². The Morgan fingerprint density at radius 2 is 2.20 bits per heavy atom. The lowest BCUT2D eigenvalue weighted by atomic mass is 10.1. The molecule has 2 aromatic rings. The number of Topliss-reactive ketones (excluding diaryl/α,β-unsaturated/α-hetero) is 1. The molecule has 0 spiro atoms. The Bertz CT molecular complexity index is 625. The lowest BCUT2D eigenvalue weighted by Gasteiger charge is -2.09. The fourth-order valence-electron chi connectivity index (χ4n) is 1.87. The van der Waals surface area contributed by atoms with Crippen LogP contribution in [0.4, 0.5) is 0 Å². The van der Waals surface area contributed by atoms with Crippen molar-refractivity contribution in [2.75, 3.05) is 0 Å². The van der Waals surface area contributed by atoms with E-state index >= 15 is 0 Å². The summed E-state index contributed by atoms with van der Waals surface area (Å²) < 4.78 is 2.69. The second kappa shape index (κ2) is 6.67. The molecule has 0 unspecified atom stereocenters. The number of rotatable bonds is 5. The van der Waals surface area contributed by atoms with Gasteiger partial charge < -0.3 is 0 Å². The molecule has 20 heavy (non-hydrogen) atoms. The van der Waals surface area contributed by atoms with Crippen LogP contribution in [0, 0.1) is 9.49 Å². The van der Waals surface area contributed by atoms with Crippen molar-refractivity contribution in [2.24, 2.45) is 5.92 Å². The number of aromatic nitrogens is 3. The summed E-state index contributed by atoms with van der Waals surface area (Å²) in [6, 6.07) is 5.32. The predicted octanol–water partition coefficient (Wildman–Crippen LogP) is 3.62. The number of benzene rings is 1. The van der Waals surface area contributed by atoms with E-state index in [1.54, 1.807) is 16.8 Å². The highest BCUT2D eigenvalue weighted by atomic mass is 127. The zero-order valence-corrected chi connectivity index (χ0v) is 14.2. The summed E-state index contributed by atoms with van der Waals surface area (Å²) in [5.41, 5.74) is 0.636. The van der Waals surface area contributed by atoms with E-state index in [0.717, 1.165) is 10.1 Å². The lowest BCUT2D eigenvalue weighted by molar-refractivity contribution is 0.0988. The topological polar surface area (TPSA) is 47.8 Å². The fraction of sp³-hybridized carbons (Fsp3) is 0.357. The average molecular weight is 404 g/mol. The van der Waals surface area contributed by atoms with Gasteiger partial charge >= 0.3 is 0 Å². The number of nitrogens with zero attached hydrogens (tertiary/aromatic N) is 3. The smallest absolute Gasteiger partial charge is 0.171 e. The van der Waals surface area contributed by atoms with Crippen LogP contribution in [0.25, 0.3) is 0 Å². The van der Waals surface area contributed by atoms with E-state index in [-0.39, 0.29) is 12.2 Å². The zero-order chi connectivity index (χ0) is 14.7. The van der Waals surface area contributed by atoms with Crippen LogP contribution in [0.15, 0.2) is 24.5 Å². The molecule has 0 saturated heterocycles. The summed E-state index contributed by atoms with van der Waals surface area (Å²) in [6.07, 6.45) is 1.73. The molecule has 2 rings (SSSR count). The Morgan fingerprint density at radius 1 is 1.45 bits per heavy atom. The minimum Gasteiger partial charge on any atom is -0.294 e. The minimum absolute atomic E-state index is 0.00917. The van der Waals surface area contributed by atoms with E-state index in [2.05, 4.69) is 46.5 Å². The van der Waals surface area contributed by atoms with Crippen molar-refractivity contribution in [3.63, 3.8) is 0 Å². The standard InChI is InChI=1S/C14H15ClIN3O/c1-9(2)7-19-14(17-8-18-19)6-13(20)11-5-10(15)3-4-12(11)16/h3-5,8-9H,6-7H2,1-2H3. The molecule has 0 amide bonds. The number of ketones is 1. The molecule has 106 valence electrons. The minimum atomic E-state index is 0.00917. The largest absolute Gasteiger partial charge is 0.294 e. The Balaban J connectivity index is 2.20. The predicted molar refractivity (Wildman–Crippen MR) is 87.1 cm³/mol. The highest BCUT2D eigenvalue weighted by Gasteiger charge is 2.15. The molecule has 1 aromatic carbocycles. The monoisotopic (exact) mass is 403 g/mol. The fourth-order valence-corrected chi connectivity index (χ4v) is 2.68. The Morgan fingerprint density at radius 3 is 2.90 bits per heavy atom. The van der Waals surface area contributed by atoms with Crippen molar-refractivity contribution in [3.05, 3.63) is 44.5 Å². The van der Waals surface area contributed by atoms with Crippen molar-refractivity contribution in [1.82, 2.24) is 14.8 Å². The van der Waals surface area contributed by atoms with Crippen LogP contribution < -0.4 is 0 Å². The Hall–Kier alpha value is -0.950. The first-order valence-corrected chi connectivity index (χ1v) is 7.78. The Labute approximate surface area is 136 Å². The van der Waals surface area contributed by atoms with Gasteiger partial charge in [0.1, 0.15) is 12.2 Å². The van der Waals surface area contributed by atoms with Gasteiger partial charge in [-0.1, -0.05) is 25.4 Å². The third kappa shape index (κ3) is 3.79. The van der Waals surface area contributed by atoms with Crippen molar-refractivity contribution < 1.29 is 4.79 Å². The molecule has 0 N–H and O–H groups in total. The van der Waals surface area contributed by atoms with Crippen LogP contribution in [0.2, 0.25) is 5.02 Å². The summed E-state index contributed by atoms with van der Waals surface area (Å²) in [7, 11) is 0. The number of carbonyl (C=O) groups is 1. The normalized spacial score (nSPS) is 11.1. The third-order valence-electron chi connectivity index (χ3n) is 2.78. The molecule has 0 radical (unpaired) electrons. The van der Waals surface area contributed by atoms with Gasteiger partial charge in [0.15, 0.2) is 5.78 Å². The number of carbonyl (C=O) groups excluding carboxylic acids is 1. The average Bonchev–Trinajstić information content (AvgIpc) is 2.78. The third-order valence-corrected chi connectivity index (χ3v) is 3.96. The molecule has 0 saturated carbocycles.